The highest BCUT2D eigenvalue weighted by Gasteiger charge is 2.35. The van der Waals surface area contributed by atoms with Gasteiger partial charge in [-0.1, -0.05) is 158 Å². The molecule has 242 valence electrons. The molecule has 2 heterocycles. The predicted octanol–water partition coefficient (Wildman–Crippen LogP) is 11.9. The summed E-state index contributed by atoms with van der Waals surface area (Å²) < 4.78 is 28.0. The van der Waals surface area contributed by atoms with Gasteiger partial charge in [-0.15, -0.1) is 0 Å². The topological polar surface area (TPSA) is 47.0 Å². The van der Waals surface area contributed by atoms with Crippen LogP contribution in [0.4, 0.5) is 0 Å². The first-order chi connectivity index (χ1) is 25.0. The molecule has 4 heteroatoms. The van der Waals surface area contributed by atoms with Crippen LogP contribution in [0.3, 0.4) is 0 Å². The molecule has 9 rings (SSSR count). The van der Waals surface area contributed by atoms with Crippen molar-refractivity contribution in [1.29, 1.82) is 0 Å². The quantitative estimate of drug-likeness (QED) is 0.176. The molecule has 0 spiro atoms. The molecule has 1 aliphatic heterocycles. The fourth-order valence-electron chi connectivity index (χ4n) is 7.07. The van der Waals surface area contributed by atoms with Crippen molar-refractivity contribution >= 4 is 9.84 Å². The van der Waals surface area contributed by atoms with E-state index in [0.29, 0.717) is 9.79 Å². The van der Waals surface area contributed by atoms with Crippen molar-refractivity contribution in [2.24, 2.45) is 0 Å². The molecule has 0 amide bonds. The van der Waals surface area contributed by atoms with Crippen molar-refractivity contribution < 1.29 is 8.42 Å². The van der Waals surface area contributed by atoms with Gasteiger partial charge in [-0.3, -0.25) is 0 Å². The van der Waals surface area contributed by atoms with Gasteiger partial charge in [0.25, 0.3) is 0 Å². The van der Waals surface area contributed by atoms with Crippen LogP contribution in [0, 0.1) is 0 Å². The first kappa shape index (κ1) is 30.7. The van der Waals surface area contributed by atoms with Gasteiger partial charge < -0.3 is 0 Å². The predicted molar refractivity (Wildman–Crippen MR) is 208 cm³/mol. The van der Waals surface area contributed by atoms with Crippen molar-refractivity contribution in [1.82, 2.24) is 4.98 Å². The molecule has 51 heavy (non-hydrogen) atoms. The summed E-state index contributed by atoms with van der Waals surface area (Å²) in [5.74, 6) is 0. The van der Waals surface area contributed by atoms with Crippen LogP contribution in [0.2, 0.25) is 0 Å². The van der Waals surface area contributed by atoms with Crippen molar-refractivity contribution in [3.05, 3.63) is 188 Å². The Hall–Kier alpha value is -6.36. The van der Waals surface area contributed by atoms with Crippen molar-refractivity contribution in [3.8, 4) is 78.1 Å². The zero-order chi connectivity index (χ0) is 34.4. The molecular formula is C47H31NO2S. The number of hydrogen-bond donors (Lipinski definition) is 0. The standard InChI is InChI=1S/C47H31NO2S/c49-51(50)45-28-27-39(36-21-19-34(20-22-36)32-11-4-1-5-12-32)29-42(45)47-41(17-10-18-46(47)51)40-30-43(37-15-8-3-9-16-37)48-44(31-40)38-25-23-35(24-26-38)33-13-6-2-7-14-33/h1-31H. The summed E-state index contributed by atoms with van der Waals surface area (Å²) in [6, 6.07) is 63.1. The molecule has 0 aliphatic carbocycles. The zero-order valence-electron chi connectivity index (χ0n) is 27.6. The molecule has 3 nitrogen and oxygen atoms in total. The molecule has 0 N–H and O–H groups in total. The maximum Gasteiger partial charge on any atom is 0.207 e. The summed E-state index contributed by atoms with van der Waals surface area (Å²) in [4.78, 5) is 5.80. The molecule has 0 atom stereocenters. The summed E-state index contributed by atoms with van der Waals surface area (Å²) in [7, 11) is -3.71. The fraction of sp³-hybridized carbons (Fsp3) is 0. The van der Waals surface area contributed by atoms with Crippen molar-refractivity contribution in [2.75, 3.05) is 0 Å². The van der Waals surface area contributed by atoms with Gasteiger partial charge in [0.05, 0.1) is 21.2 Å². The van der Waals surface area contributed by atoms with E-state index in [1.54, 1.807) is 12.1 Å². The first-order valence-electron chi connectivity index (χ1n) is 17.0. The first-order valence-corrected chi connectivity index (χ1v) is 18.4. The lowest BCUT2D eigenvalue weighted by Crippen LogP contribution is -1.97. The number of benzene rings is 7. The zero-order valence-corrected chi connectivity index (χ0v) is 28.4. The Bertz CT molecular complexity index is 2650. The van der Waals surface area contributed by atoms with Crippen molar-refractivity contribution in [3.63, 3.8) is 0 Å². The van der Waals surface area contributed by atoms with Gasteiger partial charge in [0.2, 0.25) is 9.84 Å². The highest BCUT2D eigenvalue weighted by atomic mass is 32.2. The average molecular weight is 674 g/mol. The Morgan fingerprint density at radius 2 is 0.745 bits per heavy atom. The highest BCUT2D eigenvalue weighted by molar-refractivity contribution is 7.92. The lowest BCUT2D eigenvalue weighted by molar-refractivity contribution is 0.598. The van der Waals surface area contributed by atoms with Gasteiger partial charge in [-0.05, 0) is 74.8 Å². The van der Waals surface area contributed by atoms with Crippen LogP contribution in [-0.4, -0.2) is 13.4 Å². The Labute approximate surface area is 298 Å². The van der Waals surface area contributed by atoms with E-state index in [-0.39, 0.29) is 0 Å². The van der Waals surface area contributed by atoms with Gasteiger partial charge in [0, 0.05) is 22.3 Å². The Kier molecular flexibility index (Phi) is 7.53. The molecule has 0 fully saturated rings. The minimum atomic E-state index is -3.71. The third kappa shape index (κ3) is 5.56. The second-order valence-electron chi connectivity index (χ2n) is 12.8. The van der Waals surface area contributed by atoms with Crippen LogP contribution in [0.15, 0.2) is 198 Å². The van der Waals surface area contributed by atoms with Crippen molar-refractivity contribution in [2.45, 2.75) is 9.79 Å². The van der Waals surface area contributed by atoms with Crippen LogP contribution < -0.4 is 0 Å². The molecule has 1 aromatic heterocycles. The lowest BCUT2D eigenvalue weighted by atomic mass is 9.91. The van der Waals surface area contributed by atoms with Gasteiger partial charge in [-0.25, -0.2) is 13.4 Å². The molecule has 1 aliphatic rings. The van der Waals surface area contributed by atoms with Gasteiger partial charge >= 0.3 is 0 Å². The number of aromatic nitrogens is 1. The second-order valence-corrected chi connectivity index (χ2v) is 14.7. The van der Waals surface area contributed by atoms with Gasteiger partial charge in [0.1, 0.15) is 0 Å². The smallest absolute Gasteiger partial charge is 0.207 e. The number of hydrogen-bond acceptors (Lipinski definition) is 3. The van der Waals surface area contributed by atoms with Gasteiger partial charge in [-0.2, -0.15) is 0 Å². The van der Waals surface area contributed by atoms with Gasteiger partial charge in [0.15, 0.2) is 0 Å². The highest BCUT2D eigenvalue weighted by Crippen LogP contribution is 2.49. The monoisotopic (exact) mass is 673 g/mol. The summed E-state index contributed by atoms with van der Waals surface area (Å²) in [5, 5.41) is 0. The second kappa shape index (κ2) is 12.5. The Morgan fingerprint density at radius 1 is 0.314 bits per heavy atom. The SMILES string of the molecule is O=S1(=O)c2ccc(-c3ccc(-c4ccccc4)cc3)cc2-c2c(-c3cc(-c4ccccc4)nc(-c4ccc(-c5ccccc5)cc4)c3)cccc21. The van der Waals surface area contributed by atoms with E-state index in [9.17, 15) is 8.42 Å². The summed E-state index contributed by atoms with van der Waals surface area (Å²) in [6.45, 7) is 0. The summed E-state index contributed by atoms with van der Waals surface area (Å²) in [5.41, 5.74) is 13.4. The van der Waals surface area contributed by atoms with Crippen LogP contribution in [0.1, 0.15) is 0 Å². The normalized spacial score (nSPS) is 12.6. The fourth-order valence-corrected chi connectivity index (χ4v) is 8.75. The number of pyridine rings is 1. The third-order valence-electron chi connectivity index (χ3n) is 9.67. The number of rotatable bonds is 6. The molecule has 0 radical (unpaired) electrons. The van der Waals surface area contributed by atoms with Crippen LogP contribution in [0.5, 0.6) is 0 Å². The minimum Gasteiger partial charge on any atom is -0.248 e. The minimum absolute atomic E-state index is 0.332. The largest absolute Gasteiger partial charge is 0.248 e. The maximum absolute atomic E-state index is 14.0. The van der Waals surface area contributed by atoms with E-state index in [1.165, 1.54) is 0 Å². The summed E-state index contributed by atoms with van der Waals surface area (Å²) >= 11 is 0. The van der Waals surface area contributed by atoms with E-state index >= 15 is 0 Å². The molecule has 0 unspecified atom stereocenters. The van der Waals surface area contributed by atoms with E-state index in [2.05, 4.69) is 97.1 Å². The summed E-state index contributed by atoms with van der Waals surface area (Å²) in [6.07, 6.45) is 0. The average Bonchev–Trinajstić information content (AvgIpc) is 3.44. The third-order valence-corrected chi connectivity index (χ3v) is 11.5. The van der Waals surface area contributed by atoms with E-state index in [1.807, 2.05) is 78.9 Å². The maximum atomic E-state index is 14.0. The molecule has 7 aromatic carbocycles. The van der Waals surface area contributed by atoms with Crippen LogP contribution in [0.25, 0.3) is 78.1 Å². The van der Waals surface area contributed by atoms with E-state index in [0.717, 1.165) is 78.1 Å². The molecule has 8 aromatic rings. The van der Waals surface area contributed by atoms with Crippen LogP contribution in [-0.2, 0) is 9.84 Å². The van der Waals surface area contributed by atoms with E-state index < -0.39 is 9.84 Å². The number of nitrogens with zero attached hydrogens (tertiary/aromatic N) is 1. The Balaban J connectivity index is 1.18. The van der Waals surface area contributed by atoms with Crippen LogP contribution >= 0.6 is 0 Å². The molecule has 0 saturated carbocycles. The number of sulfone groups is 1. The molecule has 0 saturated heterocycles. The molecular weight excluding hydrogens is 643 g/mol. The Morgan fingerprint density at radius 3 is 1.29 bits per heavy atom. The molecule has 0 bridgehead atoms. The number of fused-ring (bicyclic) bond motifs is 3. The van der Waals surface area contributed by atoms with E-state index in [4.69, 9.17) is 4.98 Å². The lowest BCUT2D eigenvalue weighted by Gasteiger charge is -2.14.